The summed E-state index contributed by atoms with van der Waals surface area (Å²) < 4.78 is 32.7. The van der Waals surface area contributed by atoms with Crippen molar-refractivity contribution in [3.8, 4) is 0 Å². The van der Waals surface area contributed by atoms with Crippen molar-refractivity contribution in [1.82, 2.24) is 9.29 Å². The molecule has 0 aliphatic carbocycles. The molecule has 3 rings (SSSR count). The maximum absolute atomic E-state index is 13.2. The molecule has 1 unspecified atom stereocenters. The number of pyridine rings is 1. The second kappa shape index (κ2) is 7.66. The molecule has 1 aromatic carbocycles. The minimum atomic E-state index is -3.88. The maximum Gasteiger partial charge on any atom is 0.324 e. The zero-order valence-corrected chi connectivity index (χ0v) is 16.4. The molecule has 0 spiro atoms. The molecule has 0 N–H and O–H groups in total. The predicted octanol–water partition coefficient (Wildman–Crippen LogP) is 2.83. The molecule has 0 saturated carbocycles. The Kier molecular flexibility index (Phi) is 5.48. The first-order chi connectivity index (χ1) is 12.9. The highest BCUT2D eigenvalue weighted by Crippen LogP contribution is 2.37. The molecule has 0 radical (unpaired) electrons. The SMILES string of the molecule is CCOC(=O)C(CC)N1CN(c2ccc(C)cc2)c2ncccc2S1(=O)=O. The number of ether oxygens (including phenoxy) is 1. The number of fused-ring (bicyclic) bond motifs is 1. The highest BCUT2D eigenvalue weighted by molar-refractivity contribution is 7.89. The Morgan fingerprint density at radius 1 is 1.22 bits per heavy atom. The third-order valence-electron chi connectivity index (χ3n) is 4.51. The highest BCUT2D eigenvalue weighted by Gasteiger charge is 2.43. The minimum absolute atomic E-state index is 0.00721. The van der Waals surface area contributed by atoms with E-state index >= 15 is 0 Å². The predicted molar refractivity (Wildman–Crippen MR) is 102 cm³/mol. The second-order valence-corrected chi connectivity index (χ2v) is 8.16. The molecule has 1 aromatic heterocycles. The standard InChI is InChI=1S/C19H23N3O4S/c1-4-16(19(23)26-5-2)22-13-21(15-10-8-14(3)9-11-15)18-17(27(22,24)25)7-6-12-20-18/h6-12,16H,4-5,13H2,1-3H3. The molecule has 0 saturated heterocycles. The largest absolute Gasteiger partial charge is 0.465 e. The number of aromatic nitrogens is 1. The van der Waals surface area contributed by atoms with Crippen LogP contribution in [0.2, 0.25) is 0 Å². The second-order valence-electron chi connectivity index (χ2n) is 6.30. The smallest absolute Gasteiger partial charge is 0.324 e. The quantitative estimate of drug-likeness (QED) is 0.732. The van der Waals surface area contributed by atoms with Crippen molar-refractivity contribution >= 4 is 27.5 Å². The van der Waals surface area contributed by atoms with Crippen molar-refractivity contribution in [3.05, 3.63) is 48.2 Å². The van der Waals surface area contributed by atoms with Gasteiger partial charge in [0, 0.05) is 11.9 Å². The molecule has 2 heterocycles. The molecule has 2 aromatic rings. The number of hydrogen-bond acceptors (Lipinski definition) is 6. The van der Waals surface area contributed by atoms with Crippen molar-refractivity contribution in [3.63, 3.8) is 0 Å². The van der Waals surface area contributed by atoms with Gasteiger partial charge in [0.25, 0.3) is 0 Å². The monoisotopic (exact) mass is 389 g/mol. The summed E-state index contributed by atoms with van der Waals surface area (Å²) in [6, 6.07) is 9.93. The van der Waals surface area contributed by atoms with Crippen LogP contribution in [0.15, 0.2) is 47.5 Å². The van der Waals surface area contributed by atoms with Crippen LogP contribution in [-0.2, 0) is 19.6 Å². The summed E-state index contributed by atoms with van der Waals surface area (Å²) in [5.74, 6) is -0.184. The van der Waals surface area contributed by atoms with E-state index < -0.39 is 22.0 Å². The molecule has 0 amide bonds. The van der Waals surface area contributed by atoms with Gasteiger partial charge in [0.15, 0.2) is 5.82 Å². The number of sulfonamides is 1. The van der Waals surface area contributed by atoms with E-state index in [-0.39, 0.29) is 18.2 Å². The van der Waals surface area contributed by atoms with Crippen molar-refractivity contribution in [2.24, 2.45) is 0 Å². The van der Waals surface area contributed by atoms with Crippen LogP contribution in [0.5, 0.6) is 0 Å². The molecule has 1 atom stereocenters. The number of hydrogen-bond donors (Lipinski definition) is 0. The van der Waals surface area contributed by atoms with Gasteiger partial charge in [0.2, 0.25) is 10.0 Å². The molecule has 8 heteroatoms. The van der Waals surface area contributed by atoms with Crippen LogP contribution >= 0.6 is 0 Å². The Balaban J connectivity index is 2.12. The lowest BCUT2D eigenvalue weighted by Gasteiger charge is -2.39. The van der Waals surface area contributed by atoms with Gasteiger partial charge in [-0.05, 0) is 44.5 Å². The number of benzene rings is 1. The van der Waals surface area contributed by atoms with E-state index in [2.05, 4.69) is 4.98 Å². The lowest BCUT2D eigenvalue weighted by Crippen LogP contribution is -2.52. The van der Waals surface area contributed by atoms with Crippen molar-refractivity contribution in [2.45, 2.75) is 38.1 Å². The summed E-state index contributed by atoms with van der Waals surface area (Å²) in [5, 5.41) is 0. The molecule has 0 fully saturated rings. The first-order valence-corrected chi connectivity index (χ1v) is 10.3. The first-order valence-electron chi connectivity index (χ1n) is 8.87. The van der Waals surface area contributed by atoms with Crippen molar-refractivity contribution in [2.75, 3.05) is 18.2 Å². The maximum atomic E-state index is 13.2. The molecule has 0 bridgehead atoms. The van der Waals surface area contributed by atoms with Crippen LogP contribution in [0.1, 0.15) is 25.8 Å². The molecular weight excluding hydrogens is 366 g/mol. The van der Waals surface area contributed by atoms with Crippen LogP contribution in [0.4, 0.5) is 11.5 Å². The van der Waals surface area contributed by atoms with Gasteiger partial charge in [-0.15, -0.1) is 0 Å². The number of carbonyl (C=O) groups excluding carboxylic acids is 1. The number of nitrogens with zero attached hydrogens (tertiary/aromatic N) is 3. The molecular formula is C19H23N3O4S. The van der Waals surface area contributed by atoms with Crippen LogP contribution in [-0.4, -0.2) is 43.0 Å². The Labute approximate surface area is 159 Å². The minimum Gasteiger partial charge on any atom is -0.465 e. The average molecular weight is 389 g/mol. The van der Waals surface area contributed by atoms with Gasteiger partial charge in [-0.3, -0.25) is 4.79 Å². The average Bonchev–Trinajstić information content (AvgIpc) is 2.65. The third kappa shape index (κ3) is 3.54. The van der Waals surface area contributed by atoms with E-state index in [4.69, 9.17) is 4.74 Å². The summed E-state index contributed by atoms with van der Waals surface area (Å²) in [6.45, 7) is 5.64. The Bertz CT molecular complexity index is 928. The molecule has 1 aliphatic rings. The summed E-state index contributed by atoms with van der Waals surface area (Å²) in [4.78, 5) is 18.6. The fraction of sp³-hybridized carbons (Fsp3) is 0.368. The Morgan fingerprint density at radius 2 is 1.93 bits per heavy atom. The Hall–Kier alpha value is -2.45. The molecule has 144 valence electrons. The van der Waals surface area contributed by atoms with E-state index in [1.807, 2.05) is 31.2 Å². The number of rotatable bonds is 5. The van der Waals surface area contributed by atoms with Gasteiger partial charge in [0.1, 0.15) is 10.9 Å². The van der Waals surface area contributed by atoms with E-state index in [1.165, 1.54) is 10.4 Å². The number of esters is 1. The lowest BCUT2D eigenvalue weighted by atomic mass is 10.2. The summed E-state index contributed by atoms with van der Waals surface area (Å²) in [6.07, 6.45) is 1.88. The third-order valence-corrected chi connectivity index (χ3v) is 6.37. The summed E-state index contributed by atoms with van der Waals surface area (Å²) in [7, 11) is -3.88. The zero-order chi connectivity index (χ0) is 19.6. The van der Waals surface area contributed by atoms with Gasteiger partial charge in [-0.1, -0.05) is 24.6 Å². The Morgan fingerprint density at radius 3 is 2.56 bits per heavy atom. The fourth-order valence-corrected chi connectivity index (χ4v) is 4.85. The van der Waals surface area contributed by atoms with Gasteiger partial charge in [-0.2, -0.15) is 4.31 Å². The lowest BCUT2D eigenvalue weighted by molar-refractivity contribution is -0.147. The van der Waals surface area contributed by atoms with Crippen LogP contribution < -0.4 is 4.90 Å². The van der Waals surface area contributed by atoms with Gasteiger partial charge >= 0.3 is 5.97 Å². The van der Waals surface area contributed by atoms with Crippen LogP contribution in [0, 0.1) is 6.92 Å². The molecule has 7 nitrogen and oxygen atoms in total. The summed E-state index contributed by atoms with van der Waals surface area (Å²) in [5.41, 5.74) is 1.90. The van der Waals surface area contributed by atoms with Crippen molar-refractivity contribution < 1.29 is 17.9 Å². The number of aryl methyl sites for hydroxylation is 1. The van der Waals surface area contributed by atoms with Crippen LogP contribution in [0.25, 0.3) is 0 Å². The normalized spacial score (nSPS) is 17.2. The van der Waals surface area contributed by atoms with Crippen molar-refractivity contribution in [1.29, 1.82) is 0 Å². The van der Waals surface area contributed by atoms with E-state index in [1.54, 1.807) is 31.0 Å². The molecule has 27 heavy (non-hydrogen) atoms. The van der Waals surface area contributed by atoms with Gasteiger partial charge in [-0.25, -0.2) is 13.4 Å². The summed E-state index contributed by atoms with van der Waals surface area (Å²) >= 11 is 0. The van der Waals surface area contributed by atoms with Crippen LogP contribution in [0.3, 0.4) is 0 Å². The van der Waals surface area contributed by atoms with E-state index in [0.717, 1.165) is 11.3 Å². The van der Waals surface area contributed by atoms with Gasteiger partial charge < -0.3 is 9.64 Å². The molecule has 1 aliphatic heterocycles. The van der Waals surface area contributed by atoms with Gasteiger partial charge in [0.05, 0.1) is 13.3 Å². The highest BCUT2D eigenvalue weighted by atomic mass is 32.2. The first kappa shape index (κ1) is 19.3. The topological polar surface area (TPSA) is 79.8 Å². The number of carbonyl (C=O) groups is 1. The van der Waals surface area contributed by atoms with E-state index in [9.17, 15) is 13.2 Å². The van der Waals surface area contributed by atoms with E-state index in [0.29, 0.717) is 12.2 Å². The zero-order valence-electron chi connectivity index (χ0n) is 15.6. The number of anilines is 2. The fourth-order valence-electron chi connectivity index (χ4n) is 3.12.